The number of H-pyrrole nitrogens is 1. The second-order valence-electron chi connectivity index (χ2n) is 5.66. The zero-order chi connectivity index (χ0) is 16.7. The number of hydrogen-bond acceptors (Lipinski definition) is 4. The highest BCUT2D eigenvalue weighted by molar-refractivity contribution is 6.07. The van der Waals surface area contributed by atoms with Crippen molar-refractivity contribution < 1.29 is 9.53 Å². The van der Waals surface area contributed by atoms with Crippen LogP contribution in [0.1, 0.15) is 10.4 Å². The molecule has 5 heteroatoms. The number of ether oxygens (including phenoxy) is 1. The number of rotatable bonds is 2. The van der Waals surface area contributed by atoms with Crippen molar-refractivity contribution in [1.29, 1.82) is 0 Å². The minimum absolute atomic E-state index is 0.323. The van der Waals surface area contributed by atoms with Crippen LogP contribution in [0.15, 0.2) is 60.7 Å². The SMILES string of the molecule is Nc1cc(N)cc(C(=O)Oc2ccc3c(c2)[nH]c2ccccc23)c1. The van der Waals surface area contributed by atoms with Crippen LogP contribution in [0.4, 0.5) is 11.4 Å². The van der Waals surface area contributed by atoms with Gasteiger partial charge in [-0.2, -0.15) is 0 Å². The number of nitrogen functional groups attached to an aromatic ring is 2. The second-order valence-corrected chi connectivity index (χ2v) is 5.66. The van der Waals surface area contributed by atoms with Crippen molar-refractivity contribution in [2.24, 2.45) is 0 Å². The number of carbonyl (C=O) groups is 1. The number of aromatic nitrogens is 1. The number of fused-ring (bicyclic) bond motifs is 3. The van der Waals surface area contributed by atoms with Gasteiger partial charge in [0.05, 0.1) is 11.1 Å². The molecule has 1 heterocycles. The van der Waals surface area contributed by atoms with Crippen LogP contribution in [0, 0.1) is 0 Å². The normalized spacial score (nSPS) is 11.0. The summed E-state index contributed by atoms with van der Waals surface area (Å²) in [7, 11) is 0. The van der Waals surface area contributed by atoms with E-state index in [-0.39, 0.29) is 0 Å². The lowest BCUT2D eigenvalue weighted by atomic mass is 10.1. The van der Waals surface area contributed by atoms with E-state index in [9.17, 15) is 4.79 Å². The van der Waals surface area contributed by atoms with Gasteiger partial charge in [-0.3, -0.25) is 0 Å². The Morgan fingerprint density at radius 1 is 0.833 bits per heavy atom. The van der Waals surface area contributed by atoms with E-state index in [1.807, 2.05) is 30.3 Å². The molecule has 0 fully saturated rings. The third kappa shape index (κ3) is 2.42. The zero-order valence-corrected chi connectivity index (χ0v) is 12.7. The van der Waals surface area contributed by atoms with E-state index < -0.39 is 5.97 Å². The van der Waals surface area contributed by atoms with Gasteiger partial charge in [-0.25, -0.2) is 4.79 Å². The molecule has 0 spiro atoms. The van der Waals surface area contributed by atoms with E-state index in [4.69, 9.17) is 16.2 Å². The zero-order valence-electron chi connectivity index (χ0n) is 12.7. The molecule has 0 bridgehead atoms. The highest BCUT2D eigenvalue weighted by atomic mass is 16.5. The van der Waals surface area contributed by atoms with Crippen LogP contribution in [0.25, 0.3) is 21.8 Å². The van der Waals surface area contributed by atoms with E-state index in [1.54, 1.807) is 24.3 Å². The number of carbonyl (C=O) groups excluding carboxylic acids is 1. The van der Waals surface area contributed by atoms with Crippen LogP contribution in [-0.2, 0) is 0 Å². The minimum atomic E-state index is -0.496. The molecule has 4 aromatic rings. The van der Waals surface area contributed by atoms with E-state index in [2.05, 4.69) is 11.1 Å². The summed E-state index contributed by atoms with van der Waals surface area (Å²) in [5.41, 5.74) is 14.6. The Morgan fingerprint density at radius 3 is 2.33 bits per heavy atom. The molecule has 24 heavy (non-hydrogen) atoms. The van der Waals surface area contributed by atoms with Gasteiger partial charge >= 0.3 is 5.97 Å². The Hall–Kier alpha value is -3.47. The van der Waals surface area contributed by atoms with Crippen molar-refractivity contribution in [3.8, 4) is 5.75 Å². The first-order valence-electron chi connectivity index (χ1n) is 7.49. The highest BCUT2D eigenvalue weighted by Gasteiger charge is 2.11. The van der Waals surface area contributed by atoms with Crippen molar-refractivity contribution in [3.05, 3.63) is 66.2 Å². The van der Waals surface area contributed by atoms with Crippen LogP contribution >= 0.6 is 0 Å². The molecule has 4 rings (SSSR count). The van der Waals surface area contributed by atoms with Crippen LogP contribution in [0.2, 0.25) is 0 Å². The fourth-order valence-corrected chi connectivity index (χ4v) is 2.86. The van der Waals surface area contributed by atoms with Gasteiger partial charge in [-0.15, -0.1) is 0 Å². The predicted octanol–water partition coefficient (Wildman–Crippen LogP) is 3.70. The Labute approximate surface area is 137 Å². The van der Waals surface area contributed by atoms with Crippen LogP contribution in [-0.4, -0.2) is 11.0 Å². The first-order valence-corrected chi connectivity index (χ1v) is 7.49. The molecule has 0 saturated carbocycles. The van der Waals surface area contributed by atoms with Gasteiger partial charge < -0.3 is 21.2 Å². The van der Waals surface area contributed by atoms with E-state index in [1.165, 1.54) is 0 Å². The summed E-state index contributed by atoms with van der Waals surface area (Å²) in [6, 6.07) is 18.2. The fraction of sp³-hybridized carbons (Fsp3) is 0. The molecule has 118 valence electrons. The quantitative estimate of drug-likeness (QED) is 0.298. The van der Waals surface area contributed by atoms with Crippen molar-refractivity contribution in [1.82, 2.24) is 4.98 Å². The molecule has 0 radical (unpaired) electrons. The third-order valence-corrected chi connectivity index (χ3v) is 3.90. The third-order valence-electron chi connectivity index (χ3n) is 3.90. The Bertz CT molecular complexity index is 1060. The number of para-hydroxylation sites is 1. The van der Waals surface area contributed by atoms with Gasteiger partial charge in [0.2, 0.25) is 0 Å². The summed E-state index contributed by atoms with van der Waals surface area (Å²) in [6.07, 6.45) is 0. The average Bonchev–Trinajstić information content (AvgIpc) is 2.91. The molecule has 0 aliphatic rings. The predicted molar refractivity (Wildman–Crippen MR) is 96.0 cm³/mol. The van der Waals surface area contributed by atoms with Gasteiger partial charge in [-0.1, -0.05) is 18.2 Å². The number of benzene rings is 3. The minimum Gasteiger partial charge on any atom is -0.423 e. The van der Waals surface area contributed by atoms with E-state index in [0.717, 1.165) is 21.8 Å². The summed E-state index contributed by atoms with van der Waals surface area (Å²) in [5, 5.41) is 2.22. The summed E-state index contributed by atoms with van der Waals surface area (Å²) in [5.74, 6) is -0.0375. The molecule has 3 aromatic carbocycles. The van der Waals surface area contributed by atoms with Crippen LogP contribution < -0.4 is 16.2 Å². The first kappa shape index (κ1) is 14.1. The number of nitrogens with two attached hydrogens (primary N) is 2. The molecule has 5 nitrogen and oxygen atoms in total. The van der Waals surface area contributed by atoms with Gasteiger partial charge in [0.25, 0.3) is 0 Å². The molecular weight excluding hydrogens is 302 g/mol. The van der Waals surface area contributed by atoms with Gasteiger partial charge in [0, 0.05) is 33.7 Å². The first-order chi connectivity index (χ1) is 11.6. The van der Waals surface area contributed by atoms with E-state index >= 15 is 0 Å². The summed E-state index contributed by atoms with van der Waals surface area (Å²) in [6.45, 7) is 0. The molecule has 0 atom stereocenters. The monoisotopic (exact) mass is 317 g/mol. The number of aromatic amines is 1. The Morgan fingerprint density at radius 2 is 1.54 bits per heavy atom. The molecule has 0 amide bonds. The number of hydrogen-bond donors (Lipinski definition) is 3. The smallest absolute Gasteiger partial charge is 0.343 e. The summed E-state index contributed by atoms with van der Waals surface area (Å²) < 4.78 is 5.44. The number of nitrogens with one attached hydrogen (secondary N) is 1. The second kappa shape index (κ2) is 5.31. The largest absolute Gasteiger partial charge is 0.423 e. The Balaban J connectivity index is 1.69. The fourth-order valence-electron chi connectivity index (χ4n) is 2.86. The Kier molecular flexibility index (Phi) is 3.13. The highest BCUT2D eigenvalue weighted by Crippen LogP contribution is 2.28. The number of anilines is 2. The summed E-state index contributed by atoms with van der Waals surface area (Å²) >= 11 is 0. The maximum absolute atomic E-state index is 12.3. The van der Waals surface area contributed by atoms with Crippen LogP contribution in [0.5, 0.6) is 5.75 Å². The molecule has 0 unspecified atom stereocenters. The van der Waals surface area contributed by atoms with Gasteiger partial charge in [0.1, 0.15) is 5.75 Å². The molecule has 0 aliphatic carbocycles. The molecule has 5 N–H and O–H groups in total. The summed E-state index contributed by atoms with van der Waals surface area (Å²) in [4.78, 5) is 15.6. The lowest BCUT2D eigenvalue weighted by molar-refractivity contribution is 0.0735. The lowest BCUT2D eigenvalue weighted by Crippen LogP contribution is -2.09. The maximum atomic E-state index is 12.3. The molecule has 0 aliphatic heterocycles. The molecule has 1 aromatic heterocycles. The van der Waals surface area contributed by atoms with Gasteiger partial charge in [-0.05, 0) is 36.4 Å². The standard InChI is InChI=1S/C19H15N3O2/c20-12-7-11(8-13(21)9-12)19(23)24-14-5-6-16-15-3-1-2-4-17(15)22-18(16)10-14/h1-10,22H,20-21H2. The molecular formula is C19H15N3O2. The number of esters is 1. The van der Waals surface area contributed by atoms with Crippen LogP contribution in [0.3, 0.4) is 0 Å². The van der Waals surface area contributed by atoms with Crippen molar-refractivity contribution in [2.75, 3.05) is 11.5 Å². The lowest BCUT2D eigenvalue weighted by Gasteiger charge is -2.06. The topological polar surface area (TPSA) is 94.1 Å². The van der Waals surface area contributed by atoms with Crippen molar-refractivity contribution >= 4 is 39.1 Å². The maximum Gasteiger partial charge on any atom is 0.343 e. The van der Waals surface area contributed by atoms with Crippen molar-refractivity contribution in [3.63, 3.8) is 0 Å². The average molecular weight is 317 g/mol. The molecule has 0 saturated heterocycles. The van der Waals surface area contributed by atoms with E-state index in [0.29, 0.717) is 22.7 Å². The van der Waals surface area contributed by atoms with Gasteiger partial charge in [0.15, 0.2) is 0 Å². The van der Waals surface area contributed by atoms with Crippen molar-refractivity contribution in [2.45, 2.75) is 0 Å².